The normalized spacial score (nSPS) is 17.9. The Labute approximate surface area is 129 Å². The number of aryl methyl sites for hydroxylation is 1. The van der Waals surface area contributed by atoms with Gasteiger partial charge < -0.3 is 4.74 Å². The zero-order valence-corrected chi connectivity index (χ0v) is 13.4. The summed E-state index contributed by atoms with van der Waals surface area (Å²) in [7, 11) is 0. The van der Waals surface area contributed by atoms with E-state index < -0.39 is 0 Å². The van der Waals surface area contributed by atoms with E-state index in [4.69, 9.17) is 4.74 Å². The Morgan fingerprint density at radius 1 is 1.21 bits per heavy atom. The van der Waals surface area contributed by atoms with Crippen LogP contribution >= 0.6 is 31.9 Å². The van der Waals surface area contributed by atoms with Crippen LogP contribution in [0, 0.1) is 0 Å². The van der Waals surface area contributed by atoms with E-state index in [9.17, 15) is 0 Å². The molecular weight excluding hydrogens is 370 g/mol. The van der Waals surface area contributed by atoms with Crippen LogP contribution in [-0.4, -0.2) is 4.98 Å². The minimum Gasteiger partial charge on any atom is -0.469 e. The first-order chi connectivity index (χ1) is 9.24. The Bertz CT molecular complexity index is 600. The fourth-order valence-electron chi connectivity index (χ4n) is 2.46. The lowest BCUT2D eigenvalue weighted by Gasteiger charge is -2.26. The van der Waals surface area contributed by atoms with Gasteiger partial charge in [-0.3, -0.25) is 0 Å². The first kappa shape index (κ1) is 13.1. The van der Waals surface area contributed by atoms with Crippen LogP contribution in [0.2, 0.25) is 0 Å². The molecule has 4 heteroatoms. The van der Waals surface area contributed by atoms with Crippen molar-refractivity contribution in [2.24, 2.45) is 0 Å². The van der Waals surface area contributed by atoms with Gasteiger partial charge in [-0.1, -0.05) is 24.3 Å². The number of nitrogens with zero attached hydrogens (tertiary/aromatic N) is 1. The van der Waals surface area contributed by atoms with E-state index in [1.54, 1.807) is 6.20 Å². The third-order valence-electron chi connectivity index (χ3n) is 3.34. The number of aromatic nitrogens is 1. The summed E-state index contributed by atoms with van der Waals surface area (Å²) in [6.07, 6.45) is 5.21. The smallest absolute Gasteiger partial charge is 0.228 e. The molecule has 1 unspecified atom stereocenters. The minimum atomic E-state index is 0.106. The molecule has 1 aromatic heterocycles. The van der Waals surface area contributed by atoms with Gasteiger partial charge in [-0.05, 0) is 68.3 Å². The van der Waals surface area contributed by atoms with Gasteiger partial charge in [0, 0.05) is 10.7 Å². The van der Waals surface area contributed by atoms with E-state index in [0.717, 1.165) is 28.2 Å². The van der Waals surface area contributed by atoms with Gasteiger partial charge >= 0.3 is 0 Å². The second-order valence-electron chi connectivity index (χ2n) is 4.64. The fraction of sp³-hybridized carbons (Fsp3) is 0.267. The van der Waals surface area contributed by atoms with Gasteiger partial charge in [0.15, 0.2) is 0 Å². The van der Waals surface area contributed by atoms with Gasteiger partial charge in [0.1, 0.15) is 6.10 Å². The van der Waals surface area contributed by atoms with Gasteiger partial charge in [-0.15, -0.1) is 0 Å². The number of rotatable bonds is 2. The van der Waals surface area contributed by atoms with Crippen LogP contribution < -0.4 is 4.74 Å². The standard InChI is InChI=1S/C15H13Br2NO/c16-11-8-13(17)15(18-9-11)19-14-7-3-5-10-4-1-2-6-12(10)14/h1-2,4,6,8-9,14H,3,5,7H2. The lowest BCUT2D eigenvalue weighted by atomic mass is 9.89. The van der Waals surface area contributed by atoms with Crippen LogP contribution in [0.5, 0.6) is 5.88 Å². The molecule has 1 aliphatic rings. The summed E-state index contributed by atoms with van der Waals surface area (Å²) in [6.45, 7) is 0. The second kappa shape index (κ2) is 5.63. The van der Waals surface area contributed by atoms with E-state index in [2.05, 4.69) is 61.1 Å². The summed E-state index contributed by atoms with van der Waals surface area (Å²) >= 11 is 6.90. The van der Waals surface area contributed by atoms with Crippen LogP contribution in [0.1, 0.15) is 30.1 Å². The number of ether oxygens (including phenoxy) is 1. The number of benzene rings is 1. The highest BCUT2D eigenvalue weighted by atomic mass is 79.9. The molecule has 1 atom stereocenters. The van der Waals surface area contributed by atoms with Crippen molar-refractivity contribution in [2.75, 3.05) is 0 Å². The van der Waals surface area contributed by atoms with Crippen LogP contribution in [0.25, 0.3) is 0 Å². The molecule has 0 radical (unpaired) electrons. The largest absolute Gasteiger partial charge is 0.469 e. The molecule has 0 saturated heterocycles. The van der Waals surface area contributed by atoms with Crippen LogP contribution in [0.3, 0.4) is 0 Å². The maximum Gasteiger partial charge on any atom is 0.228 e. The van der Waals surface area contributed by atoms with Crippen molar-refractivity contribution in [3.8, 4) is 5.88 Å². The molecule has 2 nitrogen and oxygen atoms in total. The number of fused-ring (bicyclic) bond motifs is 1. The van der Waals surface area contributed by atoms with Crippen molar-refractivity contribution in [1.82, 2.24) is 4.98 Å². The van der Waals surface area contributed by atoms with Gasteiger partial charge in [-0.25, -0.2) is 4.98 Å². The lowest BCUT2D eigenvalue weighted by molar-refractivity contribution is 0.174. The first-order valence-electron chi connectivity index (χ1n) is 6.29. The summed E-state index contributed by atoms with van der Waals surface area (Å²) < 4.78 is 7.91. The average molecular weight is 383 g/mol. The number of halogens is 2. The van der Waals surface area contributed by atoms with Crippen LogP contribution in [-0.2, 0) is 6.42 Å². The van der Waals surface area contributed by atoms with E-state index >= 15 is 0 Å². The minimum absolute atomic E-state index is 0.106. The Balaban J connectivity index is 1.88. The molecule has 2 aromatic rings. The van der Waals surface area contributed by atoms with Crippen LogP contribution in [0.4, 0.5) is 0 Å². The molecule has 0 N–H and O–H groups in total. The first-order valence-corrected chi connectivity index (χ1v) is 7.88. The fourth-order valence-corrected chi connectivity index (χ4v) is 3.54. The van der Waals surface area contributed by atoms with E-state index in [0.29, 0.717) is 5.88 Å². The quantitative estimate of drug-likeness (QED) is 0.723. The Morgan fingerprint density at radius 2 is 2.05 bits per heavy atom. The van der Waals surface area contributed by atoms with E-state index in [1.165, 1.54) is 11.1 Å². The predicted octanol–water partition coefficient (Wildman–Crippen LogP) is 5.06. The highest BCUT2D eigenvalue weighted by Gasteiger charge is 2.22. The van der Waals surface area contributed by atoms with Crippen molar-refractivity contribution in [1.29, 1.82) is 0 Å². The van der Waals surface area contributed by atoms with Gasteiger partial charge in [0.25, 0.3) is 0 Å². The van der Waals surface area contributed by atoms with E-state index in [1.807, 2.05) is 6.07 Å². The summed E-state index contributed by atoms with van der Waals surface area (Å²) in [4.78, 5) is 4.33. The summed E-state index contributed by atoms with van der Waals surface area (Å²) in [5, 5.41) is 0. The molecule has 19 heavy (non-hydrogen) atoms. The average Bonchev–Trinajstić information content (AvgIpc) is 2.42. The van der Waals surface area contributed by atoms with Crippen molar-refractivity contribution in [3.63, 3.8) is 0 Å². The highest BCUT2D eigenvalue weighted by molar-refractivity contribution is 9.11. The molecule has 0 amide bonds. The van der Waals surface area contributed by atoms with Crippen molar-refractivity contribution in [2.45, 2.75) is 25.4 Å². The van der Waals surface area contributed by atoms with Gasteiger partial charge in [-0.2, -0.15) is 0 Å². The van der Waals surface area contributed by atoms with Gasteiger partial charge in [0.2, 0.25) is 5.88 Å². The summed E-state index contributed by atoms with van der Waals surface area (Å²) in [6, 6.07) is 10.5. The van der Waals surface area contributed by atoms with Crippen molar-refractivity contribution < 1.29 is 4.74 Å². The third kappa shape index (κ3) is 2.84. The number of pyridine rings is 1. The lowest BCUT2D eigenvalue weighted by Crippen LogP contribution is -2.15. The summed E-state index contributed by atoms with van der Waals surface area (Å²) in [5.41, 5.74) is 2.69. The molecule has 0 fully saturated rings. The zero-order valence-electron chi connectivity index (χ0n) is 10.3. The third-order valence-corrected chi connectivity index (χ3v) is 4.34. The predicted molar refractivity (Wildman–Crippen MR) is 82.4 cm³/mol. The molecule has 0 bridgehead atoms. The van der Waals surface area contributed by atoms with Crippen molar-refractivity contribution in [3.05, 3.63) is 56.6 Å². The summed E-state index contributed by atoms with van der Waals surface area (Å²) in [5.74, 6) is 0.657. The number of hydrogen-bond donors (Lipinski definition) is 0. The Morgan fingerprint density at radius 3 is 2.89 bits per heavy atom. The maximum absolute atomic E-state index is 6.09. The molecule has 1 heterocycles. The monoisotopic (exact) mass is 381 g/mol. The van der Waals surface area contributed by atoms with Crippen LogP contribution in [0.15, 0.2) is 45.5 Å². The molecule has 1 aromatic carbocycles. The molecule has 98 valence electrons. The highest BCUT2D eigenvalue weighted by Crippen LogP contribution is 2.35. The zero-order chi connectivity index (χ0) is 13.2. The molecule has 3 rings (SSSR count). The molecule has 1 aliphatic carbocycles. The molecule has 0 aliphatic heterocycles. The SMILES string of the molecule is Brc1cnc(OC2CCCc3ccccc32)c(Br)c1. The topological polar surface area (TPSA) is 22.1 Å². The van der Waals surface area contributed by atoms with Crippen molar-refractivity contribution >= 4 is 31.9 Å². The number of hydrogen-bond acceptors (Lipinski definition) is 2. The van der Waals surface area contributed by atoms with Gasteiger partial charge in [0.05, 0.1) is 4.47 Å². The molecule has 0 saturated carbocycles. The Kier molecular flexibility index (Phi) is 3.89. The maximum atomic E-state index is 6.09. The molecular formula is C15H13Br2NO. The second-order valence-corrected chi connectivity index (χ2v) is 6.41. The molecule has 0 spiro atoms. The van der Waals surface area contributed by atoms with E-state index in [-0.39, 0.29) is 6.10 Å². The Hall–Kier alpha value is -0.870.